The van der Waals surface area contributed by atoms with Crippen molar-refractivity contribution in [2.75, 3.05) is 12.0 Å². The predicted octanol–water partition coefficient (Wildman–Crippen LogP) is -0.209. The van der Waals surface area contributed by atoms with Crippen LogP contribution in [0.25, 0.3) is 0 Å². The lowest BCUT2D eigenvalue weighted by molar-refractivity contribution is -0.154. The van der Waals surface area contributed by atoms with Gasteiger partial charge in [-0.1, -0.05) is 0 Å². The van der Waals surface area contributed by atoms with Gasteiger partial charge in [-0.25, -0.2) is 8.42 Å². The second kappa shape index (κ2) is 4.64. The third-order valence-corrected chi connectivity index (χ3v) is 3.80. The van der Waals surface area contributed by atoms with Crippen molar-refractivity contribution >= 4 is 21.7 Å². The van der Waals surface area contributed by atoms with Gasteiger partial charge in [-0.3, -0.25) is 9.59 Å². The largest absolute Gasteiger partial charge is 0.480 e. The van der Waals surface area contributed by atoms with Crippen molar-refractivity contribution in [1.82, 2.24) is 5.32 Å². The monoisotopic (exact) mass is 263 g/mol. The maximum absolute atomic E-state index is 11.8. The molecule has 1 aliphatic carbocycles. The van der Waals surface area contributed by atoms with Crippen molar-refractivity contribution in [3.8, 4) is 0 Å². The Labute approximate surface area is 100 Å². The Morgan fingerprint density at radius 3 is 2.29 bits per heavy atom. The second-order valence-corrected chi connectivity index (χ2v) is 7.02. The van der Waals surface area contributed by atoms with Crippen molar-refractivity contribution < 1.29 is 23.1 Å². The first-order valence-electron chi connectivity index (χ1n) is 5.37. The van der Waals surface area contributed by atoms with Crippen molar-refractivity contribution in [2.45, 2.75) is 32.2 Å². The fourth-order valence-corrected chi connectivity index (χ4v) is 2.06. The molecule has 0 saturated heterocycles. The highest BCUT2D eigenvalue weighted by atomic mass is 32.2. The first-order valence-corrected chi connectivity index (χ1v) is 7.43. The van der Waals surface area contributed by atoms with Crippen LogP contribution in [0.5, 0.6) is 0 Å². The van der Waals surface area contributed by atoms with Gasteiger partial charge in [0, 0.05) is 12.3 Å². The van der Waals surface area contributed by atoms with E-state index in [9.17, 15) is 18.0 Å². The van der Waals surface area contributed by atoms with Crippen molar-refractivity contribution in [3.63, 3.8) is 0 Å². The van der Waals surface area contributed by atoms with E-state index in [-0.39, 0.29) is 18.2 Å². The van der Waals surface area contributed by atoms with Gasteiger partial charge in [-0.2, -0.15) is 0 Å². The lowest BCUT2D eigenvalue weighted by atomic mass is 9.86. The third-order valence-electron chi connectivity index (χ3n) is 2.86. The summed E-state index contributed by atoms with van der Waals surface area (Å²) < 4.78 is 22.1. The fraction of sp³-hybridized carbons (Fsp3) is 0.800. The lowest BCUT2D eigenvalue weighted by Gasteiger charge is -2.23. The molecule has 1 aliphatic rings. The van der Waals surface area contributed by atoms with Gasteiger partial charge in [-0.05, 0) is 26.2 Å². The number of carbonyl (C=O) groups is 2. The van der Waals surface area contributed by atoms with E-state index >= 15 is 0 Å². The van der Waals surface area contributed by atoms with Crippen LogP contribution >= 0.6 is 0 Å². The number of hydrogen-bond donors (Lipinski definition) is 2. The fourth-order valence-electron chi connectivity index (χ4n) is 1.28. The van der Waals surface area contributed by atoms with Gasteiger partial charge in [0.2, 0.25) is 5.91 Å². The van der Waals surface area contributed by atoms with Crippen molar-refractivity contribution in [3.05, 3.63) is 0 Å². The van der Waals surface area contributed by atoms with Crippen LogP contribution < -0.4 is 5.32 Å². The number of hydrogen-bond acceptors (Lipinski definition) is 4. The van der Waals surface area contributed by atoms with E-state index in [0.29, 0.717) is 0 Å². The molecule has 1 fully saturated rings. The Bertz CT molecular complexity index is 426. The molecule has 1 rings (SSSR count). The van der Waals surface area contributed by atoms with Gasteiger partial charge in [0.25, 0.3) is 0 Å². The van der Waals surface area contributed by atoms with Gasteiger partial charge in [-0.15, -0.1) is 0 Å². The molecule has 7 heteroatoms. The number of carbonyl (C=O) groups excluding carboxylic acids is 1. The summed E-state index contributed by atoms with van der Waals surface area (Å²) in [5, 5.41) is 11.7. The summed E-state index contributed by atoms with van der Waals surface area (Å²) in [7, 11) is -3.28. The number of aliphatic carboxylic acids is 1. The standard InChI is InChI=1S/C10H17NO5S/c1-10(9(13)14,5-6-17(2,15)16)8(12)11-7-3-4-7/h7H,3-6H2,1-2H3,(H,11,12)(H,13,14). The van der Waals surface area contributed by atoms with Gasteiger partial charge < -0.3 is 10.4 Å². The smallest absolute Gasteiger partial charge is 0.318 e. The highest BCUT2D eigenvalue weighted by molar-refractivity contribution is 7.90. The zero-order valence-corrected chi connectivity index (χ0v) is 10.7. The number of amides is 1. The Hall–Kier alpha value is -1.11. The average Bonchev–Trinajstić information content (AvgIpc) is 2.96. The molecule has 0 aromatic rings. The van der Waals surface area contributed by atoms with Gasteiger partial charge in [0.15, 0.2) is 0 Å². The summed E-state index contributed by atoms with van der Waals surface area (Å²) in [4.78, 5) is 22.9. The molecule has 0 spiro atoms. The molecule has 98 valence electrons. The molecule has 1 saturated carbocycles. The van der Waals surface area contributed by atoms with E-state index in [0.717, 1.165) is 19.1 Å². The lowest BCUT2D eigenvalue weighted by Crippen LogP contribution is -2.46. The molecule has 0 aliphatic heterocycles. The number of carboxylic acids is 1. The van der Waals surface area contributed by atoms with E-state index in [4.69, 9.17) is 5.11 Å². The first kappa shape index (κ1) is 14.0. The normalized spacial score (nSPS) is 19.4. The number of carboxylic acid groups (broad SMARTS) is 1. The van der Waals surface area contributed by atoms with E-state index in [1.165, 1.54) is 6.92 Å². The second-order valence-electron chi connectivity index (χ2n) is 4.76. The summed E-state index contributed by atoms with van der Waals surface area (Å²) in [5.41, 5.74) is -1.67. The van der Waals surface area contributed by atoms with Crippen molar-refractivity contribution in [2.24, 2.45) is 5.41 Å². The molecule has 2 N–H and O–H groups in total. The Morgan fingerprint density at radius 1 is 1.41 bits per heavy atom. The van der Waals surface area contributed by atoms with E-state index in [1.807, 2.05) is 0 Å². The average molecular weight is 263 g/mol. The molecule has 1 unspecified atom stereocenters. The molecule has 0 aromatic carbocycles. The minimum absolute atomic E-state index is 0.0550. The minimum Gasteiger partial charge on any atom is -0.480 e. The van der Waals surface area contributed by atoms with Crippen LogP contribution in [0.15, 0.2) is 0 Å². The first-order chi connectivity index (χ1) is 7.65. The van der Waals surface area contributed by atoms with E-state index in [2.05, 4.69) is 5.32 Å². The van der Waals surface area contributed by atoms with Crippen LogP contribution in [0.1, 0.15) is 26.2 Å². The SMILES string of the molecule is CC(CCS(C)(=O)=O)(C(=O)O)C(=O)NC1CC1. The predicted molar refractivity (Wildman–Crippen MR) is 61.2 cm³/mol. The molecule has 0 bridgehead atoms. The molecular formula is C10H17NO5S. The molecule has 0 heterocycles. The number of sulfone groups is 1. The number of nitrogens with one attached hydrogen (secondary N) is 1. The van der Waals surface area contributed by atoms with Crippen LogP contribution in [-0.4, -0.2) is 43.5 Å². The molecule has 17 heavy (non-hydrogen) atoms. The molecule has 6 nitrogen and oxygen atoms in total. The highest BCUT2D eigenvalue weighted by Gasteiger charge is 2.43. The summed E-state index contributed by atoms with van der Waals surface area (Å²) >= 11 is 0. The van der Waals surface area contributed by atoms with Crippen LogP contribution in [-0.2, 0) is 19.4 Å². The quantitative estimate of drug-likeness (QED) is 0.646. The Morgan fingerprint density at radius 2 is 1.94 bits per heavy atom. The maximum atomic E-state index is 11.8. The van der Waals surface area contributed by atoms with Crippen LogP contribution in [0, 0.1) is 5.41 Å². The minimum atomic E-state index is -3.28. The van der Waals surface area contributed by atoms with Gasteiger partial charge in [0.05, 0.1) is 5.75 Å². The van der Waals surface area contributed by atoms with E-state index < -0.39 is 27.1 Å². The zero-order chi connectivity index (χ0) is 13.3. The molecule has 0 aromatic heterocycles. The van der Waals surface area contributed by atoms with Crippen molar-refractivity contribution in [1.29, 1.82) is 0 Å². The topological polar surface area (TPSA) is 101 Å². The van der Waals surface area contributed by atoms with Gasteiger partial charge >= 0.3 is 5.97 Å². The van der Waals surface area contributed by atoms with Crippen LogP contribution in [0.2, 0.25) is 0 Å². The molecule has 0 radical (unpaired) electrons. The molecule has 1 atom stereocenters. The van der Waals surface area contributed by atoms with Crippen LogP contribution in [0.4, 0.5) is 0 Å². The zero-order valence-electron chi connectivity index (χ0n) is 9.89. The third kappa shape index (κ3) is 3.99. The summed E-state index contributed by atoms with van der Waals surface area (Å²) in [6.07, 6.45) is 2.52. The molecular weight excluding hydrogens is 246 g/mol. The summed E-state index contributed by atoms with van der Waals surface area (Å²) in [6, 6.07) is 0.0550. The summed E-state index contributed by atoms with van der Waals surface area (Å²) in [6.45, 7) is 1.26. The highest BCUT2D eigenvalue weighted by Crippen LogP contribution is 2.26. The van der Waals surface area contributed by atoms with Crippen LogP contribution in [0.3, 0.4) is 0 Å². The molecule has 1 amide bonds. The summed E-state index contributed by atoms with van der Waals surface area (Å²) in [5.74, 6) is -2.20. The maximum Gasteiger partial charge on any atom is 0.318 e. The van der Waals surface area contributed by atoms with E-state index in [1.54, 1.807) is 0 Å². The Balaban J connectivity index is 2.73. The Kier molecular flexibility index (Phi) is 3.81. The number of rotatable bonds is 6. The van der Waals surface area contributed by atoms with Gasteiger partial charge in [0.1, 0.15) is 15.3 Å².